The average Bonchev–Trinajstić information content (AvgIpc) is 1.76. The summed E-state index contributed by atoms with van der Waals surface area (Å²) >= 11 is 0. The van der Waals surface area contributed by atoms with E-state index in [0.717, 1.165) is 0 Å². The van der Waals surface area contributed by atoms with E-state index >= 15 is 0 Å². The molecule has 0 aliphatic carbocycles. The first-order valence-electron chi connectivity index (χ1n) is 28.8. The quantitative estimate of drug-likeness (QED) is 0.0190. The van der Waals surface area contributed by atoms with Crippen molar-refractivity contribution in [1.82, 2.24) is 20.3 Å². The van der Waals surface area contributed by atoms with E-state index in [1.807, 2.05) is 0 Å². The minimum absolute atomic E-state index is 0. The second kappa shape index (κ2) is 150. The van der Waals surface area contributed by atoms with Crippen molar-refractivity contribution >= 4 is 71.9 Å². The van der Waals surface area contributed by atoms with E-state index < -0.39 is 84.1 Å². The maximum Gasteiger partial charge on any atom is 0.534 e. The summed E-state index contributed by atoms with van der Waals surface area (Å²) in [5.74, 6) is -5.62. The summed E-state index contributed by atoms with van der Waals surface area (Å²) in [6, 6.07) is 0. The lowest BCUT2D eigenvalue weighted by molar-refractivity contribution is -0.178. The molecule has 4 aliphatic heterocycles. The first-order chi connectivity index (χ1) is 44.5. The Hall–Kier alpha value is -7.00. The molecule has 4 unspecified atom stereocenters. The zero-order valence-corrected chi connectivity index (χ0v) is 50.4. The summed E-state index contributed by atoms with van der Waals surface area (Å²) in [4.78, 5) is 159. The van der Waals surface area contributed by atoms with Crippen LogP contribution in [0.5, 0.6) is 0 Å². The van der Waals surface area contributed by atoms with Crippen molar-refractivity contribution in [3.63, 3.8) is 0 Å². The van der Waals surface area contributed by atoms with Gasteiger partial charge in [-0.3, -0.25) is 57.7 Å². The maximum atomic E-state index is 12.0. The van der Waals surface area contributed by atoms with Crippen LogP contribution in [0.1, 0.15) is 334 Å². The predicted octanol–water partition coefficient (Wildman–Crippen LogP) is 20.7. The number of carbonyl (C=O) groups excluding carboxylic acids is 12. The van der Waals surface area contributed by atoms with Crippen LogP contribution in [0.15, 0.2) is 0 Å². The van der Waals surface area contributed by atoms with Crippen molar-refractivity contribution in [2.24, 2.45) is 0 Å². The molecule has 0 bridgehead atoms. The normalized spacial score (nSPS) is 11.5. The molecule has 8 amide bonds. The van der Waals surface area contributed by atoms with Crippen LogP contribution in [0.2, 0.25) is 0 Å². The highest BCUT2D eigenvalue weighted by atomic mass is 16.9. The number of carbonyl (C=O) groups is 12. The Morgan fingerprint density at radius 1 is 0.192 bits per heavy atom. The third-order valence-electron chi connectivity index (χ3n) is 11.4. The lowest BCUT2D eigenvalue weighted by Crippen LogP contribution is -2.33. The number of imide groups is 4. The summed E-state index contributed by atoms with van der Waals surface area (Å²) in [6.45, 7) is -0.846. The molecule has 40 nitrogen and oxygen atoms in total. The van der Waals surface area contributed by atoms with Crippen LogP contribution in [0.25, 0.3) is 0 Å². The molecule has 4 heterocycles. The molecule has 0 aromatic carbocycles. The minimum Gasteiger partial charge on any atom is -0.430 e. The van der Waals surface area contributed by atoms with Gasteiger partial charge in [-0.15, -0.1) is 0 Å². The van der Waals surface area contributed by atoms with Gasteiger partial charge in [0.25, 0.3) is 47.3 Å². The molecular formula is C90H232N4O36. The van der Waals surface area contributed by atoms with Gasteiger partial charge in [-0.05, 0) is 0 Å². The van der Waals surface area contributed by atoms with E-state index in [2.05, 4.69) is 19.4 Å². The van der Waals surface area contributed by atoms with Gasteiger partial charge in [0.2, 0.25) is 0 Å². The predicted molar refractivity (Wildman–Crippen MR) is 544 cm³/mol. The number of hydrogen-bond donors (Lipinski definition) is 4. The smallest absolute Gasteiger partial charge is 0.430 e. The highest BCUT2D eigenvalue weighted by molar-refractivity contribution is 6.03. The molecule has 4 saturated heterocycles. The van der Waals surface area contributed by atoms with Crippen LogP contribution in [0, 0.1) is 0 Å². The Morgan fingerprint density at radius 2 is 0.315 bits per heavy atom. The van der Waals surface area contributed by atoms with Crippen molar-refractivity contribution < 1.29 is 173 Å². The first-order valence-corrected chi connectivity index (χ1v) is 28.8. The largest absolute Gasteiger partial charge is 0.534 e. The molecule has 0 aromatic heterocycles. The molecule has 40 heteroatoms. The standard InChI is InChI=1S/C36H46N4O26.C16H34O10.38CH4/c41-25-1-2-26(42)37(25)63-33(49)59-13-11-55-21-23(57-15-17-61-35(51)65-39-29(45)5-6-30(39)46)19-53-9-10-54-20-24(58-16-18-62-36(52)66-40-31(47)7-8-32(40)48)22-56-12-14-60-34(50)64-38-27(43)3-4-28(38)44;17-1-5-21-11-15(25-7-3-19)13-23-9-10-24-14-16(26-8-4-20)12-22-6-2-18;;;;;;;;;;;;;;;;;;;;;;;;;;;;;;;;;;;;;;/h23-24H,1-22H2;15-20H,1-14H2;38*1H4. The molecule has 130 heavy (non-hydrogen) atoms. The van der Waals surface area contributed by atoms with E-state index in [0.29, 0.717) is 33.5 Å². The van der Waals surface area contributed by atoms with Crippen molar-refractivity contribution in [2.45, 2.75) is 358 Å². The summed E-state index contributed by atoms with van der Waals surface area (Å²) in [5, 5.41) is 36.2. The summed E-state index contributed by atoms with van der Waals surface area (Å²) in [5.41, 5.74) is 0. The van der Waals surface area contributed by atoms with Crippen LogP contribution in [0.3, 0.4) is 0 Å². The Bertz CT molecular complexity index is 2070. The molecule has 4 N–H and O–H groups in total. The van der Waals surface area contributed by atoms with Gasteiger partial charge < -0.3 is 96.2 Å². The van der Waals surface area contributed by atoms with Gasteiger partial charge in [-0.1, -0.05) is 302 Å². The van der Waals surface area contributed by atoms with Crippen LogP contribution in [0.4, 0.5) is 19.2 Å². The fourth-order valence-electron chi connectivity index (χ4n) is 7.18. The van der Waals surface area contributed by atoms with Gasteiger partial charge in [0.05, 0.1) is 159 Å². The molecule has 4 aliphatic rings. The topological polar surface area (TPSA) is 483 Å². The van der Waals surface area contributed by atoms with Crippen molar-refractivity contribution in [1.29, 1.82) is 0 Å². The second-order valence-electron chi connectivity index (χ2n) is 18.6. The van der Waals surface area contributed by atoms with Crippen molar-refractivity contribution in [3.05, 3.63) is 0 Å². The van der Waals surface area contributed by atoms with Crippen LogP contribution in [-0.4, -0.2) is 322 Å². The Morgan fingerprint density at radius 3 is 0.462 bits per heavy atom. The summed E-state index contributed by atoms with van der Waals surface area (Å²) < 4.78 is 84.9. The fraction of sp³-hybridized carbons (Fsp3) is 0.867. The molecule has 0 spiro atoms. The SMILES string of the molecule is C.C.C.C.C.C.C.C.C.C.C.C.C.C.C.C.C.C.C.C.C.C.C.C.C.C.C.C.C.C.C.C.C.C.C.C.C.C.O=C(OCCOCC(COCCOCC(COCCOC(=O)ON1C(=O)CCC1=O)OCCOC(=O)ON1C(=O)CCC1=O)OCCOC(=O)ON1C(=O)CCC1=O)ON1C(=O)CCC1=O.OCCOCC(COCCOCC(COCCO)OCCO)OCCO. The summed E-state index contributed by atoms with van der Waals surface area (Å²) in [7, 11) is 0. The van der Waals surface area contributed by atoms with Crippen molar-refractivity contribution in [2.75, 3.05) is 185 Å². The molecule has 0 radical (unpaired) electrons. The van der Waals surface area contributed by atoms with Gasteiger partial charge in [0.1, 0.15) is 50.8 Å². The number of amides is 8. The number of aliphatic hydroxyl groups excluding tert-OH is 4. The molecule has 4 rings (SSSR count). The fourth-order valence-corrected chi connectivity index (χ4v) is 7.18. The average molecular weight is 1950 g/mol. The van der Waals surface area contributed by atoms with Gasteiger partial charge >= 0.3 is 24.6 Å². The Labute approximate surface area is 805 Å². The highest BCUT2D eigenvalue weighted by Gasteiger charge is 2.37. The van der Waals surface area contributed by atoms with E-state index in [9.17, 15) is 57.5 Å². The lowest BCUT2D eigenvalue weighted by Gasteiger charge is -2.20. The zero-order valence-electron chi connectivity index (χ0n) is 50.4. The summed E-state index contributed by atoms with van der Waals surface area (Å²) in [6.07, 6.45) is -8.54. The lowest BCUT2D eigenvalue weighted by atomic mass is 10.4. The number of hydrogen-bond acceptors (Lipinski definition) is 36. The van der Waals surface area contributed by atoms with Gasteiger partial charge in [-0.25, -0.2) is 19.2 Å². The number of ether oxygens (including phenoxy) is 16. The molecule has 828 valence electrons. The molecule has 0 aromatic rings. The molecule has 4 atom stereocenters. The number of aliphatic hydroxyl groups is 4. The monoisotopic (exact) mass is 1950 g/mol. The van der Waals surface area contributed by atoms with Crippen LogP contribution < -0.4 is 0 Å². The maximum absolute atomic E-state index is 12.0. The third kappa shape index (κ3) is 108. The molecule has 0 saturated carbocycles. The second-order valence-corrected chi connectivity index (χ2v) is 18.6. The van der Waals surface area contributed by atoms with Gasteiger partial charge in [-0.2, -0.15) is 0 Å². The zero-order chi connectivity index (χ0) is 67.1. The third-order valence-corrected chi connectivity index (χ3v) is 11.4. The van der Waals surface area contributed by atoms with E-state index in [4.69, 9.17) is 96.2 Å². The highest BCUT2D eigenvalue weighted by Crippen LogP contribution is 2.16. The Balaban J connectivity index is -0.0000000365. The van der Waals surface area contributed by atoms with Crippen LogP contribution in [-0.2, 0) is 133 Å². The van der Waals surface area contributed by atoms with Gasteiger partial charge in [0.15, 0.2) is 0 Å². The number of rotatable bonds is 50. The molecule has 4 fully saturated rings. The first kappa shape index (κ1) is 242. The van der Waals surface area contributed by atoms with Gasteiger partial charge in [0, 0.05) is 51.4 Å². The number of hydroxylamine groups is 8. The van der Waals surface area contributed by atoms with E-state index in [-0.39, 0.29) is 518 Å². The van der Waals surface area contributed by atoms with Crippen LogP contribution >= 0.6 is 0 Å². The van der Waals surface area contributed by atoms with E-state index in [1.165, 1.54) is 0 Å². The Kier molecular flexibility index (Phi) is 280. The number of nitrogens with zero attached hydrogens (tertiary/aromatic N) is 4. The minimum atomic E-state index is -1.33. The van der Waals surface area contributed by atoms with E-state index in [1.54, 1.807) is 0 Å². The molecular weight excluding hydrogens is 1710 g/mol. The van der Waals surface area contributed by atoms with Crippen molar-refractivity contribution in [3.8, 4) is 0 Å².